The van der Waals surface area contributed by atoms with Crippen molar-refractivity contribution < 1.29 is 13.9 Å². The molecule has 0 aliphatic heterocycles. The Morgan fingerprint density at radius 2 is 1.83 bits per heavy atom. The van der Waals surface area contributed by atoms with E-state index in [0.29, 0.717) is 23.7 Å². The molecular weight excluding hydrogens is 329 g/mol. The quantitative estimate of drug-likeness (QED) is 0.718. The smallest absolute Gasteiger partial charge is 0.261 e. The summed E-state index contributed by atoms with van der Waals surface area (Å²) in [7, 11) is 0. The van der Waals surface area contributed by atoms with Crippen molar-refractivity contribution >= 4 is 17.5 Å². The molecule has 0 aromatic heterocycles. The third kappa shape index (κ3) is 5.85. The first-order valence-corrected chi connectivity index (χ1v) is 8.40. The minimum atomic E-state index is -0.531. The second kappa shape index (κ2) is 9.28. The van der Waals surface area contributed by atoms with Gasteiger partial charge >= 0.3 is 0 Å². The van der Waals surface area contributed by atoms with Crippen LogP contribution in [0.5, 0.6) is 5.75 Å². The molecule has 5 heteroatoms. The molecule has 0 fully saturated rings. The van der Waals surface area contributed by atoms with Crippen molar-refractivity contribution in [3.05, 3.63) is 64.9 Å². The zero-order chi connectivity index (χ0) is 17.4. The Hall–Kier alpha value is -2.07. The molecule has 0 bridgehead atoms. The third-order valence-electron chi connectivity index (χ3n) is 3.61. The van der Waals surface area contributed by atoms with Gasteiger partial charge in [-0.25, -0.2) is 4.39 Å². The van der Waals surface area contributed by atoms with Crippen molar-refractivity contribution in [1.82, 2.24) is 5.32 Å². The van der Waals surface area contributed by atoms with E-state index in [4.69, 9.17) is 16.3 Å². The minimum Gasteiger partial charge on any atom is -0.481 e. The zero-order valence-corrected chi connectivity index (χ0v) is 14.4. The summed E-state index contributed by atoms with van der Waals surface area (Å²) < 4.78 is 18.5. The summed E-state index contributed by atoms with van der Waals surface area (Å²) in [6, 6.07) is 13.3. The molecule has 0 aliphatic rings. The summed E-state index contributed by atoms with van der Waals surface area (Å²) in [5, 5.41) is 3.51. The van der Waals surface area contributed by atoms with E-state index in [1.165, 1.54) is 12.1 Å². The van der Waals surface area contributed by atoms with Crippen molar-refractivity contribution in [2.45, 2.75) is 32.3 Å². The number of rotatable bonds is 8. The van der Waals surface area contributed by atoms with Crippen LogP contribution in [0.15, 0.2) is 48.5 Å². The molecule has 0 spiro atoms. The number of carbonyl (C=O) groups is 1. The van der Waals surface area contributed by atoms with Gasteiger partial charge < -0.3 is 10.1 Å². The predicted octanol–water partition coefficient (Wildman–Crippen LogP) is 4.39. The Morgan fingerprint density at radius 1 is 1.17 bits per heavy atom. The first-order valence-electron chi connectivity index (χ1n) is 8.03. The molecule has 2 aromatic carbocycles. The highest BCUT2D eigenvalue weighted by Crippen LogP contribution is 2.17. The minimum absolute atomic E-state index is 0.133. The Bertz CT molecular complexity index is 643. The Labute approximate surface area is 146 Å². The molecular formula is C19H21ClFNO2. The van der Waals surface area contributed by atoms with Gasteiger partial charge in [0.2, 0.25) is 0 Å². The summed E-state index contributed by atoms with van der Waals surface area (Å²) >= 11 is 5.83. The van der Waals surface area contributed by atoms with E-state index < -0.39 is 6.10 Å². The van der Waals surface area contributed by atoms with Crippen LogP contribution in [-0.4, -0.2) is 18.6 Å². The van der Waals surface area contributed by atoms with Crippen molar-refractivity contribution in [1.29, 1.82) is 0 Å². The van der Waals surface area contributed by atoms with Gasteiger partial charge in [-0.1, -0.05) is 30.7 Å². The molecule has 0 saturated heterocycles. The Morgan fingerprint density at radius 3 is 2.46 bits per heavy atom. The summed E-state index contributed by atoms with van der Waals surface area (Å²) in [4.78, 5) is 12.2. The largest absolute Gasteiger partial charge is 0.481 e. The molecule has 1 amide bonds. The second-order valence-electron chi connectivity index (χ2n) is 5.49. The average molecular weight is 350 g/mol. The van der Waals surface area contributed by atoms with Gasteiger partial charge in [0, 0.05) is 11.6 Å². The summed E-state index contributed by atoms with van der Waals surface area (Å²) in [6.07, 6.45) is 1.62. The fourth-order valence-corrected chi connectivity index (χ4v) is 2.39. The van der Waals surface area contributed by atoms with E-state index in [1.807, 2.05) is 6.92 Å². The van der Waals surface area contributed by atoms with E-state index in [0.717, 1.165) is 18.4 Å². The van der Waals surface area contributed by atoms with Crippen LogP contribution in [0.2, 0.25) is 5.02 Å². The fourth-order valence-electron chi connectivity index (χ4n) is 2.27. The molecule has 0 aliphatic carbocycles. The monoisotopic (exact) mass is 349 g/mol. The molecule has 1 N–H and O–H groups in total. The highest BCUT2D eigenvalue weighted by molar-refractivity contribution is 6.30. The fraction of sp³-hybridized carbons (Fsp3) is 0.316. The summed E-state index contributed by atoms with van der Waals surface area (Å²) in [5.41, 5.74) is 1.05. The van der Waals surface area contributed by atoms with E-state index in [1.54, 1.807) is 36.4 Å². The van der Waals surface area contributed by atoms with Crippen molar-refractivity contribution in [2.24, 2.45) is 0 Å². The lowest BCUT2D eigenvalue weighted by molar-refractivity contribution is -0.128. The highest BCUT2D eigenvalue weighted by Gasteiger charge is 2.17. The van der Waals surface area contributed by atoms with Crippen LogP contribution < -0.4 is 10.1 Å². The van der Waals surface area contributed by atoms with Crippen LogP contribution in [0.4, 0.5) is 4.39 Å². The van der Waals surface area contributed by atoms with Crippen LogP contribution in [0.1, 0.15) is 25.3 Å². The molecule has 2 aromatic rings. The molecule has 0 heterocycles. The number of halogens is 2. The maximum atomic E-state index is 12.8. The zero-order valence-electron chi connectivity index (χ0n) is 13.6. The predicted molar refractivity (Wildman–Crippen MR) is 93.9 cm³/mol. The Balaban J connectivity index is 1.75. The first-order chi connectivity index (χ1) is 11.6. The summed E-state index contributed by atoms with van der Waals surface area (Å²) in [5.74, 6) is 0.247. The van der Waals surface area contributed by atoms with Crippen molar-refractivity contribution in [2.75, 3.05) is 6.54 Å². The molecule has 3 nitrogen and oxygen atoms in total. The molecule has 128 valence electrons. The van der Waals surface area contributed by atoms with Gasteiger partial charge in [0.1, 0.15) is 11.6 Å². The molecule has 1 unspecified atom stereocenters. The first kappa shape index (κ1) is 18.3. The number of ether oxygens (including phenoxy) is 1. The van der Waals surface area contributed by atoms with Crippen LogP contribution in [0, 0.1) is 5.82 Å². The van der Waals surface area contributed by atoms with E-state index in [-0.39, 0.29) is 11.7 Å². The highest BCUT2D eigenvalue weighted by atomic mass is 35.5. The van der Waals surface area contributed by atoms with Crippen LogP contribution in [0.3, 0.4) is 0 Å². The van der Waals surface area contributed by atoms with Gasteiger partial charge in [0.15, 0.2) is 6.10 Å². The maximum Gasteiger partial charge on any atom is 0.261 e. The van der Waals surface area contributed by atoms with Crippen molar-refractivity contribution in [3.63, 3.8) is 0 Å². The van der Waals surface area contributed by atoms with E-state index >= 15 is 0 Å². The number of nitrogens with one attached hydrogen (secondary N) is 1. The van der Waals surface area contributed by atoms with E-state index in [2.05, 4.69) is 5.32 Å². The number of benzene rings is 2. The number of hydrogen-bond donors (Lipinski definition) is 1. The van der Waals surface area contributed by atoms with Gasteiger partial charge in [0.05, 0.1) is 0 Å². The maximum absolute atomic E-state index is 12.8. The Kier molecular flexibility index (Phi) is 7.07. The lowest BCUT2D eigenvalue weighted by atomic mass is 10.1. The van der Waals surface area contributed by atoms with Crippen LogP contribution in [-0.2, 0) is 11.2 Å². The SMILES string of the molecule is CCC(Oc1ccc(Cl)cc1)C(=O)NCCCc1ccc(F)cc1. The number of amides is 1. The number of hydrogen-bond acceptors (Lipinski definition) is 2. The standard InChI is InChI=1S/C19H21ClFNO2/c1-2-18(24-17-11-7-15(20)8-12-17)19(23)22-13-3-4-14-5-9-16(21)10-6-14/h5-12,18H,2-4,13H2,1H3,(H,22,23). The number of aryl methyl sites for hydroxylation is 1. The molecule has 24 heavy (non-hydrogen) atoms. The second-order valence-corrected chi connectivity index (χ2v) is 5.93. The van der Waals surface area contributed by atoms with Crippen molar-refractivity contribution in [3.8, 4) is 5.75 Å². The van der Waals surface area contributed by atoms with Crippen LogP contribution in [0.25, 0.3) is 0 Å². The molecule has 0 radical (unpaired) electrons. The number of carbonyl (C=O) groups excluding carboxylic acids is 1. The molecule has 2 rings (SSSR count). The molecule has 1 atom stereocenters. The average Bonchev–Trinajstić information content (AvgIpc) is 2.59. The normalized spacial score (nSPS) is 11.8. The summed E-state index contributed by atoms with van der Waals surface area (Å²) in [6.45, 7) is 2.45. The van der Waals surface area contributed by atoms with Gasteiger partial charge in [-0.2, -0.15) is 0 Å². The third-order valence-corrected chi connectivity index (χ3v) is 3.86. The van der Waals surface area contributed by atoms with Gasteiger partial charge in [-0.15, -0.1) is 0 Å². The lowest BCUT2D eigenvalue weighted by Gasteiger charge is -2.17. The lowest BCUT2D eigenvalue weighted by Crippen LogP contribution is -2.38. The van der Waals surface area contributed by atoms with Gasteiger partial charge in [0.25, 0.3) is 5.91 Å². The van der Waals surface area contributed by atoms with Gasteiger partial charge in [-0.05, 0) is 61.2 Å². The van der Waals surface area contributed by atoms with Crippen LogP contribution >= 0.6 is 11.6 Å². The van der Waals surface area contributed by atoms with Gasteiger partial charge in [-0.3, -0.25) is 4.79 Å². The molecule has 0 saturated carbocycles. The topological polar surface area (TPSA) is 38.3 Å². The van der Waals surface area contributed by atoms with E-state index in [9.17, 15) is 9.18 Å².